The Bertz CT molecular complexity index is 553. The number of aromatic nitrogens is 1. The third-order valence-electron chi connectivity index (χ3n) is 2.57. The zero-order chi connectivity index (χ0) is 13.7. The normalized spacial score (nSPS) is 10.2. The molecule has 6 heteroatoms. The molecule has 19 heavy (non-hydrogen) atoms. The lowest BCUT2D eigenvalue weighted by Gasteiger charge is -2.04. The molecule has 2 heterocycles. The number of thiophene rings is 1. The molecule has 2 rings (SSSR count). The second kappa shape index (κ2) is 6.68. The van der Waals surface area contributed by atoms with Crippen molar-refractivity contribution in [3.05, 3.63) is 44.8 Å². The summed E-state index contributed by atoms with van der Waals surface area (Å²) in [7, 11) is 1.82. The van der Waals surface area contributed by atoms with Crippen LogP contribution in [0.1, 0.15) is 15.4 Å². The Morgan fingerprint density at radius 1 is 1.37 bits per heavy atom. The van der Waals surface area contributed by atoms with Gasteiger partial charge in [-0.3, -0.25) is 4.79 Å². The molecule has 0 spiro atoms. The summed E-state index contributed by atoms with van der Waals surface area (Å²) < 4.78 is 1.11. The molecule has 0 bridgehead atoms. The van der Waals surface area contributed by atoms with Crippen LogP contribution < -0.4 is 10.6 Å². The molecule has 0 aliphatic carbocycles. The molecule has 0 fully saturated rings. The van der Waals surface area contributed by atoms with Crippen molar-refractivity contribution in [1.82, 2.24) is 10.3 Å². The highest BCUT2D eigenvalue weighted by Gasteiger charge is 2.06. The number of nitrogens with zero attached hydrogens (tertiary/aromatic N) is 1. The number of carbonyl (C=O) groups excluding carboxylic acids is 1. The number of anilines is 1. The van der Waals surface area contributed by atoms with E-state index in [9.17, 15) is 4.79 Å². The highest BCUT2D eigenvalue weighted by molar-refractivity contribution is 9.11. The van der Waals surface area contributed by atoms with Crippen molar-refractivity contribution in [2.24, 2.45) is 0 Å². The number of nitrogens with one attached hydrogen (secondary N) is 2. The van der Waals surface area contributed by atoms with E-state index in [1.807, 2.05) is 19.2 Å². The lowest BCUT2D eigenvalue weighted by molar-refractivity contribution is 0.0949. The van der Waals surface area contributed by atoms with Crippen LogP contribution in [0.4, 0.5) is 5.69 Å². The molecule has 1 amide bonds. The van der Waals surface area contributed by atoms with Gasteiger partial charge >= 0.3 is 0 Å². The molecule has 2 aromatic heterocycles. The molecule has 100 valence electrons. The first-order valence-electron chi connectivity index (χ1n) is 5.85. The van der Waals surface area contributed by atoms with Crippen molar-refractivity contribution in [2.75, 3.05) is 18.9 Å². The summed E-state index contributed by atoms with van der Waals surface area (Å²) in [4.78, 5) is 17.2. The fraction of sp³-hybridized carbons (Fsp3) is 0.231. The minimum atomic E-state index is -0.140. The second-order valence-electron chi connectivity index (χ2n) is 3.89. The van der Waals surface area contributed by atoms with Crippen LogP contribution in [0.15, 0.2) is 34.2 Å². The summed E-state index contributed by atoms with van der Waals surface area (Å²) in [6.07, 6.45) is 2.47. The third kappa shape index (κ3) is 4.04. The molecule has 0 saturated heterocycles. The lowest BCUT2D eigenvalue weighted by atomic mass is 10.3. The van der Waals surface area contributed by atoms with Crippen LogP contribution in [0.3, 0.4) is 0 Å². The molecule has 2 N–H and O–H groups in total. The van der Waals surface area contributed by atoms with Gasteiger partial charge in [-0.15, -0.1) is 11.3 Å². The third-order valence-corrected chi connectivity index (χ3v) is 4.25. The summed E-state index contributed by atoms with van der Waals surface area (Å²) in [6, 6.07) is 7.61. The summed E-state index contributed by atoms with van der Waals surface area (Å²) >= 11 is 5.10. The Kier molecular flexibility index (Phi) is 4.93. The van der Waals surface area contributed by atoms with Crippen molar-refractivity contribution in [3.8, 4) is 0 Å². The van der Waals surface area contributed by atoms with Crippen molar-refractivity contribution >= 4 is 38.9 Å². The van der Waals surface area contributed by atoms with Crippen LogP contribution in [0.2, 0.25) is 0 Å². The van der Waals surface area contributed by atoms with Gasteiger partial charge in [0, 0.05) is 18.5 Å². The molecule has 0 aromatic carbocycles. The molecule has 0 unspecified atom stereocenters. The highest BCUT2D eigenvalue weighted by Crippen LogP contribution is 2.22. The Morgan fingerprint density at radius 2 is 2.21 bits per heavy atom. The summed E-state index contributed by atoms with van der Waals surface area (Å²) in [6.45, 7) is 0.612. The van der Waals surface area contributed by atoms with Gasteiger partial charge in [-0.1, -0.05) is 0 Å². The van der Waals surface area contributed by atoms with Gasteiger partial charge in [0.1, 0.15) is 5.69 Å². The van der Waals surface area contributed by atoms with Crippen LogP contribution in [0.25, 0.3) is 0 Å². The number of hydrogen-bond donors (Lipinski definition) is 2. The standard InChI is InChI=1S/C13H14BrN3OS/c1-15-9-2-4-11(17-8-9)13(18)16-7-6-10-3-5-12(14)19-10/h2-5,8,15H,6-7H2,1H3,(H,16,18). The highest BCUT2D eigenvalue weighted by atomic mass is 79.9. The number of carbonyl (C=O) groups is 1. The number of hydrogen-bond acceptors (Lipinski definition) is 4. The Labute approximate surface area is 124 Å². The molecular formula is C13H14BrN3OS. The molecule has 0 aliphatic heterocycles. The zero-order valence-electron chi connectivity index (χ0n) is 10.4. The smallest absolute Gasteiger partial charge is 0.269 e. The topological polar surface area (TPSA) is 54.0 Å². The van der Waals surface area contributed by atoms with Crippen molar-refractivity contribution in [2.45, 2.75) is 6.42 Å². The van der Waals surface area contributed by atoms with Gasteiger partial charge in [0.05, 0.1) is 15.7 Å². The fourth-order valence-electron chi connectivity index (χ4n) is 1.55. The van der Waals surface area contributed by atoms with Gasteiger partial charge in [-0.2, -0.15) is 0 Å². The van der Waals surface area contributed by atoms with Gasteiger partial charge in [0.25, 0.3) is 5.91 Å². The molecule has 0 atom stereocenters. The maximum Gasteiger partial charge on any atom is 0.269 e. The van der Waals surface area contributed by atoms with Crippen LogP contribution in [-0.2, 0) is 6.42 Å². The van der Waals surface area contributed by atoms with Gasteiger partial charge in [-0.05, 0) is 46.6 Å². The monoisotopic (exact) mass is 339 g/mol. The summed E-state index contributed by atoms with van der Waals surface area (Å²) in [5.74, 6) is -0.140. The summed E-state index contributed by atoms with van der Waals surface area (Å²) in [5, 5.41) is 5.83. The second-order valence-corrected chi connectivity index (χ2v) is 6.44. The van der Waals surface area contributed by atoms with Crippen LogP contribution in [-0.4, -0.2) is 24.5 Å². The first kappa shape index (κ1) is 14.0. The average molecular weight is 340 g/mol. The Morgan fingerprint density at radius 3 is 2.79 bits per heavy atom. The number of amides is 1. The average Bonchev–Trinajstić information content (AvgIpc) is 2.84. The maximum atomic E-state index is 11.8. The predicted octanol–water partition coefficient (Wildman–Crippen LogP) is 2.92. The van der Waals surface area contributed by atoms with Crippen LogP contribution in [0, 0.1) is 0 Å². The minimum Gasteiger partial charge on any atom is -0.387 e. The van der Waals surface area contributed by atoms with E-state index in [0.29, 0.717) is 12.2 Å². The van der Waals surface area contributed by atoms with Crippen LogP contribution in [0.5, 0.6) is 0 Å². The van der Waals surface area contributed by atoms with Crippen molar-refractivity contribution in [3.63, 3.8) is 0 Å². The van der Waals surface area contributed by atoms with E-state index in [1.54, 1.807) is 23.6 Å². The molecule has 4 nitrogen and oxygen atoms in total. The Hall–Kier alpha value is -1.40. The van der Waals surface area contributed by atoms with Gasteiger partial charge in [-0.25, -0.2) is 4.98 Å². The van der Waals surface area contributed by atoms with Gasteiger partial charge in [0.2, 0.25) is 0 Å². The quantitative estimate of drug-likeness (QED) is 0.880. The maximum absolute atomic E-state index is 11.8. The number of pyridine rings is 1. The molecule has 2 aromatic rings. The fourth-order valence-corrected chi connectivity index (χ4v) is 3.03. The van der Waals surface area contributed by atoms with E-state index in [2.05, 4.69) is 37.6 Å². The number of rotatable bonds is 5. The van der Waals surface area contributed by atoms with E-state index in [1.165, 1.54) is 4.88 Å². The molecule has 0 aliphatic rings. The summed E-state index contributed by atoms with van der Waals surface area (Å²) in [5.41, 5.74) is 1.33. The van der Waals surface area contributed by atoms with E-state index < -0.39 is 0 Å². The Balaban J connectivity index is 1.83. The zero-order valence-corrected chi connectivity index (χ0v) is 12.8. The number of halogens is 1. The molecular weight excluding hydrogens is 326 g/mol. The minimum absolute atomic E-state index is 0.140. The van der Waals surface area contributed by atoms with Crippen molar-refractivity contribution < 1.29 is 4.79 Å². The van der Waals surface area contributed by atoms with E-state index >= 15 is 0 Å². The van der Waals surface area contributed by atoms with E-state index in [-0.39, 0.29) is 5.91 Å². The first-order valence-corrected chi connectivity index (χ1v) is 7.46. The predicted molar refractivity (Wildman–Crippen MR) is 81.8 cm³/mol. The largest absolute Gasteiger partial charge is 0.387 e. The van der Waals surface area contributed by atoms with Crippen molar-refractivity contribution in [1.29, 1.82) is 0 Å². The van der Waals surface area contributed by atoms with E-state index in [4.69, 9.17) is 0 Å². The van der Waals surface area contributed by atoms with E-state index in [0.717, 1.165) is 15.9 Å². The molecule has 0 radical (unpaired) electrons. The van der Waals surface area contributed by atoms with Gasteiger partial charge < -0.3 is 10.6 Å². The first-order chi connectivity index (χ1) is 9.19. The SMILES string of the molecule is CNc1ccc(C(=O)NCCc2ccc(Br)s2)nc1. The van der Waals surface area contributed by atoms with Gasteiger partial charge in [0.15, 0.2) is 0 Å². The molecule has 0 saturated carbocycles. The van der Waals surface area contributed by atoms with Crippen LogP contribution >= 0.6 is 27.3 Å². The lowest BCUT2D eigenvalue weighted by Crippen LogP contribution is -2.26.